The van der Waals surface area contributed by atoms with Gasteiger partial charge in [0.05, 0.1) is 12.5 Å². The van der Waals surface area contributed by atoms with E-state index in [0.717, 1.165) is 12.0 Å². The summed E-state index contributed by atoms with van der Waals surface area (Å²) >= 11 is 0. The van der Waals surface area contributed by atoms with E-state index in [9.17, 15) is 18.3 Å². The molecular formula is C20H24F3NO. The lowest BCUT2D eigenvalue weighted by Crippen LogP contribution is -2.32. The summed E-state index contributed by atoms with van der Waals surface area (Å²) in [6.07, 6.45) is -4.85. The highest BCUT2D eigenvalue weighted by Gasteiger charge is 2.27. The number of nitrogens with one attached hydrogen (secondary N) is 1. The lowest BCUT2D eigenvalue weighted by Gasteiger charge is -2.19. The van der Waals surface area contributed by atoms with Crippen molar-refractivity contribution in [2.24, 2.45) is 5.92 Å². The van der Waals surface area contributed by atoms with Gasteiger partial charge < -0.3 is 10.4 Å². The first kappa shape index (κ1) is 19.5. The highest BCUT2D eigenvalue weighted by molar-refractivity contribution is 5.24. The normalized spacial score (nSPS) is 14.3. The zero-order chi connectivity index (χ0) is 18.3. The first-order valence-electron chi connectivity index (χ1n) is 8.41. The van der Waals surface area contributed by atoms with E-state index in [1.807, 2.05) is 37.3 Å². The van der Waals surface area contributed by atoms with Crippen LogP contribution in [0.15, 0.2) is 54.6 Å². The predicted octanol–water partition coefficient (Wildman–Crippen LogP) is 4.12. The maximum Gasteiger partial charge on any atom is 0.393 e. The monoisotopic (exact) mass is 351 g/mol. The van der Waals surface area contributed by atoms with Crippen LogP contribution in [0.4, 0.5) is 13.2 Å². The molecule has 0 aliphatic carbocycles. The van der Waals surface area contributed by atoms with Gasteiger partial charge in [-0.05, 0) is 29.0 Å². The lowest BCUT2D eigenvalue weighted by molar-refractivity contribution is -0.127. The Labute approximate surface area is 146 Å². The average Bonchev–Trinajstić information content (AvgIpc) is 2.54. The number of hydrogen-bond acceptors (Lipinski definition) is 2. The van der Waals surface area contributed by atoms with Crippen LogP contribution < -0.4 is 5.32 Å². The Kier molecular flexibility index (Phi) is 7.02. The summed E-state index contributed by atoms with van der Waals surface area (Å²) in [6, 6.07) is 16.4. The van der Waals surface area contributed by atoms with Gasteiger partial charge in [-0.2, -0.15) is 13.2 Å². The van der Waals surface area contributed by atoms with E-state index in [0.29, 0.717) is 13.1 Å². The largest absolute Gasteiger partial charge is 0.393 e. The number of alkyl halides is 3. The molecule has 25 heavy (non-hydrogen) atoms. The fourth-order valence-electron chi connectivity index (χ4n) is 2.77. The minimum absolute atomic E-state index is 0.0893. The van der Waals surface area contributed by atoms with E-state index in [1.165, 1.54) is 11.6 Å². The number of hydrogen-bond donors (Lipinski definition) is 2. The summed E-state index contributed by atoms with van der Waals surface area (Å²) < 4.78 is 37.4. The smallest absolute Gasteiger partial charge is 0.392 e. The molecular weight excluding hydrogens is 327 g/mol. The molecule has 2 rings (SSSR count). The fraction of sp³-hybridized carbons (Fsp3) is 0.400. The molecule has 0 heterocycles. The van der Waals surface area contributed by atoms with Crippen molar-refractivity contribution in [1.29, 1.82) is 0 Å². The summed E-state index contributed by atoms with van der Waals surface area (Å²) in [5.74, 6) is 0.0893. The molecule has 2 aromatic carbocycles. The van der Waals surface area contributed by atoms with Gasteiger partial charge in [-0.3, -0.25) is 0 Å². The number of aliphatic hydroxyl groups excluding tert-OH is 1. The van der Waals surface area contributed by atoms with E-state index >= 15 is 0 Å². The first-order chi connectivity index (χ1) is 11.8. The molecule has 0 amide bonds. The molecule has 0 aromatic heterocycles. The van der Waals surface area contributed by atoms with Gasteiger partial charge in [0.25, 0.3) is 0 Å². The Hall–Kier alpha value is -1.85. The van der Waals surface area contributed by atoms with Crippen molar-refractivity contribution in [1.82, 2.24) is 5.32 Å². The van der Waals surface area contributed by atoms with Gasteiger partial charge in [-0.25, -0.2) is 0 Å². The number of halogens is 3. The van der Waals surface area contributed by atoms with Gasteiger partial charge in [0.2, 0.25) is 0 Å². The Morgan fingerprint density at radius 1 is 0.960 bits per heavy atom. The van der Waals surface area contributed by atoms with E-state index in [-0.39, 0.29) is 11.5 Å². The van der Waals surface area contributed by atoms with Crippen LogP contribution in [-0.4, -0.2) is 23.9 Å². The third kappa shape index (κ3) is 7.28. The van der Waals surface area contributed by atoms with E-state index in [4.69, 9.17) is 0 Å². The van der Waals surface area contributed by atoms with Gasteiger partial charge >= 0.3 is 6.18 Å². The highest BCUT2D eigenvalue weighted by atomic mass is 19.4. The van der Waals surface area contributed by atoms with E-state index in [1.54, 1.807) is 18.2 Å². The Morgan fingerprint density at radius 3 is 2.28 bits per heavy atom. The molecule has 2 aromatic rings. The molecule has 136 valence electrons. The van der Waals surface area contributed by atoms with Crippen molar-refractivity contribution in [2.45, 2.75) is 38.6 Å². The summed E-state index contributed by atoms with van der Waals surface area (Å²) in [5.41, 5.74) is 2.21. The van der Waals surface area contributed by atoms with Crippen molar-refractivity contribution in [3.05, 3.63) is 71.3 Å². The Morgan fingerprint density at radius 2 is 1.60 bits per heavy atom. The quantitative estimate of drug-likeness (QED) is 0.750. The molecule has 2 N–H and O–H groups in total. The van der Waals surface area contributed by atoms with Crippen LogP contribution in [0.1, 0.15) is 23.6 Å². The molecule has 0 fully saturated rings. The molecule has 1 unspecified atom stereocenters. The fourth-order valence-corrected chi connectivity index (χ4v) is 2.77. The van der Waals surface area contributed by atoms with Crippen molar-refractivity contribution in [3.63, 3.8) is 0 Å². The lowest BCUT2D eigenvalue weighted by atomic mass is 9.96. The van der Waals surface area contributed by atoms with Crippen molar-refractivity contribution in [3.8, 4) is 0 Å². The molecule has 0 bridgehead atoms. The van der Waals surface area contributed by atoms with Gasteiger partial charge in [-0.15, -0.1) is 0 Å². The van der Waals surface area contributed by atoms with Crippen molar-refractivity contribution in [2.75, 3.05) is 6.54 Å². The standard InChI is InChI=1S/C20H24F3NO/c1-15(10-16-6-3-2-4-7-16)19(25)14-24-13-18-9-5-8-17(11-18)12-20(21,22)23/h2-9,11,15,19,24-25H,10,12-14H2,1H3/t15?,19-/m1/s1. The Bertz CT molecular complexity index is 643. The maximum absolute atomic E-state index is 12.5. The molecule has 0 radical (unpaired) electrons. The molecule has 2 atom stereocenters. The van der Waals surface area contributed by atoms with Gasteiger partial charge in [0, 0.05) is 13.1 Å². The molecule has 0 aliphatic heterocycles. The van der Waals surface area contributed by atoms with Crippen LogP contribution >= 0.6 is 0 Å². The third-order valence-corrected chi connectivity index (χ3v) is 4.14. The molecule has 0 spiro atoms. The molecule has 0 saturated heterocycles. The second-order valence-corrected chi connectivity index (χ2v) is 6.48. The van der Waals surface area contributed by atoms with Crippen LogP contribution in [0.5, 0.6) is 0 Å². The summed E-state index contributed by atoms with van der Waals surface area (Å²) in [5, 5.41) is 13.4. The van der Waals surface area contributed by atoms with E-state index in [2.05, 4.69) is 5.32 Å². The Balaban J connectivity index is 1.79. The van der Waals surface area contributed by atoms with Crippen molar-refractivity contribution >= 4 is 0 Å². The third-order valence-electron chi connectivity index (χ3n) is 4.14. The molecule has 5 heteroatoms. The predicted molar refractivity (Wildman–Crippen MR) is 93.2 cm³/mol. The first-order valence-corrected chi connectivity index (χ1v) is 8.41. The van der Waals surface area contributed by atoms with Crippen LogP contribution in [0.3, 0.4) is 0 Å². The minimum Gasteiger partial charge on any atom is -0.392 e. The minimum atomic E-state index is -4.20. The second kappa shape index (κ2) is 9.02. The van der Waals surface area contributed by atoms with Crippen LogP contribution in [0.25, 0.3) is 0 Å². The highest BCUT2D eigenvalue weighted by Crippen LogP contribution is 2.21. The topological polar surface area (TPSA) is 32.3 Å². The molecule has 0 aliphatic rings. The van der Waals surface area contributed by atoms with Crippen LogP contribution in [0, 0.1) is 5.92 Å². The van der Waals surface area contributed by atoms with Crippen LogP contribution in [-0.2, 0) is 19.4 Å². The van der Waals surface area contributed by atoms with Gasteiger partial charge in [0.1, 0.15) is 0 Å². The van der Waals surface area contributed by atoms with Gasteiger partial charge in [-0.1, -0.05) is 61.5 Å². The number of rotatable bonds is 8. The van der Waals surface area contributed by atoms with Gasteiger partial charge in [0.15, 0.2) is 0 Å². The van der Waals surface area contributed by atoms with E-state index < -0.39 is 18.7 Å². The SMILES string of the molecule is CC(Cc1ccccc1)[C@H](O)CNCc1cccc(CC(F)(F)F)c1. The van der Waals surface area contributed by atoms with Crippen LogP contribution in [0.2, 0.25) is 0 Å². The summed E-state index contributed by atoms with van der Waals surface area (Å²) in [6.45, 7) is 2.82. The average molecular weight is 351 g/mol. The maximum atomic E-state index is 12.5. The zero-order valence-corrected chi connectivity index (χ0v) is 14.3. The second-order valence-electron chi connectivity index (χ2n) is 6.48. The number of aliphatic hydroxyl groups is 1. The summed E-state index contributed by atoms with van der Waals surface area (Å²) in [4.78, 5) is 0. The van der Waals surface area contributed by atoms with Crippen molar-refractivity contribution < 1.29 is 18.3 Å². The summed E-state index contributed by atoms with van der Waals surface area (Å²) in [7, 11) is 0. The molecule has 0 saturated carbocycles. The zero-order valence-electron chi connectivity index (χ0n) is 14.3. The number of benzene rings is 2. The molecule has 2 nitrogen and oxygen atoms in total.